The molecule has 0 saturated carbocycles. The van der Waals surface area contributed by atoms with Crippen LogP contribution in [0.5, 0.6) is 0 Å². The first-order valence-electron chi connectivity index (χ1n) is 10.5. The predicted molar refractivity (Wildman–Crippen MR) is 155 cm³/mol. The molecular weight excluding hydrogens is 572 g/mol. The Balaban J connectivity index is -0.000000120. The molecule has 0 aliphatic heterocycles. The van der Waals surface area contributed by atoms with Crippen molar-refractivity contribution in [3.05, 3.63) is 9.58 Å². The number of rotatable bonds is 6. The molecule has 0 fully saturated rings. The topological polar surface area (TPSA) is 0 Å². The van der Waals surface area contributed by atoms with Crippen LogP contribution in [0.1, 0.15) is 0 Å². The summed E-state index contributed by atoms with van der Waals surface area (Å²) in [6.45, 7) is 45.5. The van der Waals surface area contributed by atoms with Crippen LogP contribution in [0.2, 0.25) is 118 Å². The first-order chi connectivity index (χ1) is 10.7. The molecule has 0 unspecified atom stereocenters. The summed E-state index contributed by atoms with van der Waals surface area (Å²) in [6.07, 6.45) is 0. The first kappa shape index (κ1) is 42.1. The average molecular weight is 627 g/mol. The van der Waals surface area contributed by atoms with Gasteiger partial charge in [0.05, 0.1) is 0 Å². The Labute approximate surface area is 226 Å². The molecule has 0 radical (unpaired) electrons. The Morgan fingerprint density at radius 3 is 0.379 bits per heavy atom. The average Bonchev–Trinajstić information content (AvgIpc) is 1.97. The maximum atomic E-state index is 2.53. The van der Waals surface area contributed by atoms with Crippen molar-refractivity contribution in [2.24, 2.45) is 0 Å². The van der Waals surface area contributed by atoms with Crippen molar-refractivity contribution in [3.63, 3.8) is 0 Å². The molecule has 0 bridgehead atoms. The van der Waals surface area contributed by atoms with Crippen LogP contribution in [-0.2, 0) is 52.5 Å². The molecule has 0 nitrogen and oxygen atoms in total. The fourth-order valence-electron chi connectivity index (χ4n) is 6.75. The summed E-state index contributed by atoms with van der Waals surface area (Å²) in [5.74, 6) is 0. The largest absolute Gasteiger partial charge is 2.00 e. The summed E-state index contributed by atoms with van der Waals surface area (Å²) >= 11 is 0. The Morgan fingerprint density at radius 1 is 0.310 bits per heavy atom. The third kappa shape index (κ3) is 17.1. The molecule has 0 aromatic heterocycles. The summed E-state index contributed by atoms with van der Waals surface area (Å²) in [4.78, 5) is 4.12. The Morgan fingerprint density at radius 2 is 0.379 bits per heavy atom. The third-order valence-corrected chi connectivity index (χ3v) is 40.5. The summed E-state index contributed by atoms with van der Waals surface area (Å²) < 4.78 is 0. The zero-order valence-electron chi connectivity index (χ0n) is 23.9. The molecule has 0 aliphatic carbocycles. The fourth-order valence-corrected chi connectivity index (χ4v) is 60.8. The van der Waals surface area contributed by atoms with Crippen LogP contribution in [0.3, 0.4) is 0 Å². The van der Waals surface area contributed by atoms with E-state index in [0.29, 0.717) is 0 Å². The van der Waals surface area contributed by atoms with Gasteiger partial charge in [-0.3, -0.25) is 0 Å². The SMILES string of the molecule is C[Si](C)(C)[C-]([Si](C)(C)C)[Si](C)(C)C.C[Si](C)(C)[C-]([Si](C)(C)C)[Si](C)(C)C.[SH-].[Zn+2].[Zn]. The normalized spacial score (nSPS) is 13.7. The summed E-state index contributed by atoms with van der Waals surface area (Å²) in [7, 11) is -6.10. The Bertz CT molecular complexity index is 324. The molecule has 9 heteroatoms. The van der Waals surface area contributed by atoms with Gasteiger partial charge in [0.2, 0.25) is 0 Å². The van der Waals surface area contributed by atoms with Gasteiger partial charge in [-0.2, -0.15) is 0 Å². The molecule has 0 aromatic rings. The van der Waals surface area contributed by atoms with Crippen molar-refractivity contribution in [2.75, 3.05) is 0 Å². The van der Waals surface area contributed by atoms with Crippen LogP contribution in [0.4, 0.5) is 0 Å². The minimum Gasteiger partial charge on any atom is -0.813 e. The third-order valence-electron chi connectivity index (χ3n) is 4.50. The fraction of sp³-hybridized carbons (Fsp3) is 0.900. The second kappa shape index (κ2) is 13.7. The van der Waals surface area contributed by atoms with Crippen molar-refractivity contribution < 1.29 is 39.0 Å². The molecule has 0 aliphatic rings. The van der Waals surface area contributed by atoms with Crippen LogP contribution < -0.4 is 0 Å². The van der Waals surface area contributed by atoms with E-state index in [1.165, 1.54) is 0 Å². The van der Waals surface area contributed by atoms with Crippen LogP contribution in [-0.4, -0.2) is 48.4 Å². The Kier molecular flexibility index (Phi) is 19.9. The van der Waals surface area contributed by atoms with E-state index in [2.05, 4.69) is 127 Å². The number of thiol groups is 1. The Hall–Kier alpha value is 2.90. The monoisotopic (exact) mass is 623 g/mol. The van der Waals surface area contributed by atoms with Gasteiger partial charge in [0, 0.05) is 19.5 Å². The minimum absolute atomic E-state index is 0. The van der Waals surface area contributed by atoms with Gasteiger partial charge >= 0.3 is 19.5 Å². The van der Waals surface area contributed by atoms with Crippen molar-refractivity contribution in [1.82, 2.24) is 0 Å². The summed E-state index contributed by atoms with van der Waals surface area (Å²) in [5.41, 5.74) is 0. The van der Waals surface area contributed by atoms with Gasteiger partial charge in [-0.1, -0.05) is 118 Å². The van der Waals surface area contributed by atoms with E-state index in [9.17, 15) is 0 Å². The standard InChI is InChI=1S/2C10H27Si3.H2S.2Zn/c2*1-11(2,3)10(12(4,5)6)13(7,8)9;;;/h2*1-9H3;1H2;;/q2*-1;;;+2/p-1. The van der Waals surface area contributed by atoms with Gasteiger partial charge < -0.3 is 23.1 Å². The van der Waals surface area contributed by atoms with E-state index >= 15 is 0 Å². The summed E-state index contributed by atoms with van der Waals surface area (Å²) in [6, 6.07) is 0. The van der Waals surface area contributed by atoms with E-state index in [4.69, 9.17) is 0 Å². The molecule has 0 saturated heterocycles. The number of hydrogen-bond donors (Lipinski definition) is 0. The van der Waals surface area contributed by atoms with E-state index < -0.39 is 48.4 Å². The molecule has 29 heavy (non-hydrogen) atoms. The second-order valence-corrected chi connectivity index (χ2v) is 47.2. The molecular formula is C20H55SSi6Zn2-. The van der Waals surface area contributed by atoms with Gasteiger partial charge in [0.25, 0.3) is 0 Å². The van der Waals surface area contributed by atoms with Crippen LogP contribution >= 0.6 is 0 Å². The van der Waals surface area contributed by atoms with Gasteiger partial charge in [-0.15, -0.1) is 48.4 Å². The maximum absolute atomic E-state index is 2.53. The van der Waals surface area contributed by atoms with Crippen molar-refractivity contribution in [2.45, 2.75) is 118 Å². The molecule has 170 valence electrons. The predicted octanol–water partition coefficient (Wildman–Crippen LogP) is 8.11. The van der Waals surface area contributed by atoms with E-state index in [1.54, 1.807) is 0 Å². The minimum atomic E-state index is -1.02. The van der Waals surface area contributed by atoms with E-state index in [1.807, 2.05) is 0 Å². The van der Waals surface area contributed by atoms with Gasteiger partial charge in [-0.05, 0) is 0 Å². The molecule has 0 atom stereocenters. The quantitative estimate of drug-likeness (QED) is 0.124. The van der Waals surface area contributed by atoms with Crippen LogP contribution in [0, 0.1) is 9.58 Å². The zero-order valence-corrected chi connectivity index (χ0v) is 36.7. The summed E-state index contributed by atoms with van der Waals surface area (Å²) in [5, 5.41) is 0. The molecule has 0 spiro atoms. The van der Waals surface area contributed by atoms with Crippen molar-refractivity contribution >= 4 is 61.9 Å². The molecule has 0 amide bonds. The van der Waals surface area contributed by atoms with Crippen LogP contribution in [0.25, 0.3) is 0 Å². The van der Waals surface area contributed by atoms with E-state index in [0.717, 1.165) is 0 Å². The maximum Gasteiger partial charge on any atom is 2.00 e. The van der Waals surface area contributed by atoms with Gasteiger partial charge in [-0.25, -0.2) is 0 Å². The molecule has 0 heterocycles. The van der Waals surface area contributed by atoms with E-state index in [-0.39, 0.29) is 52.5 Å². The second-order valence-electron chi connectivity index (χ2n) is 14.2. The van der Waals surface area contributed by atoms with Crippen LogP contribution in [0.15, 0.2) is 0 Å². The molecule has 0 rings (SSSR count). The molecule has 0 N–H and O–H groups in total. The first-order valence-corrected chi connectivity index (χ1v) is 31.5. The van der Waals surface area contributed by atoms with Crippen molar-refractivity contribution in [1.29, 1.82) is 0 Å². The molecule has 0 aromatic carbocycles. The number of hydrogen-bond acceptors (Lipinski definition) is 1. The van der Waals surface area contributed by atoms with Gasteiger partial charge in [0.15, 0.2) is 0 Å². The van der Waals surface area contributed by atoms with Gasteiger partial charge in [0.1, 0.15) is 0 Å². The zero-order chi connectivity index (χ0) is 22.2. The van der Waals surface area contributed by atoms with Crippen molar-refractivity contribution in [3.8, 4) is 0 Å². The smallest absolute Gasteiger partial charge is 0.813 e.